The third-order valence-electron chi connectivity index (χ3n) is 3.82. The van der Waals surface area contributed by atoms with Gasteiger partial charge < -0.3 is 15.0 Å². The van der Waals surface area contributed by atoms with Crippen LogP contribution in [0.5, 0.6) is 5.75 Å². The second-order valence-electron chi connectivity index (χ2n) is 5.10. The summed E-state index contributed by atoms with van der Waals surface area (Å²) < 4.78 is 6.44. The number of piperazine rings is 1. The number of nitrogens with one attached hydrogen (secondary N) is 1. The van der Waals surface area contributed by atoms with Crippen molar-refractivity contribution in [3.63, 3.8) is 0 Å². The number of halogens is 2. The van der Waals surface area contributed by atoms with Gasteiger partial charge in [0.25, 0.3) is 5.91 Å². The van der Waals surface area contributed by atoms with Gasteiger partial charge in [-0.05, 0) is 28.1 Å². The van der Waals surface area contributed by atoms with Gasteiger partial charge in [0.1, 0.15) is 5.75 Å². The Hall–Kier alpha value is -1.08. The number of methoxy groups -OCH3 is 1. The summed E-state index contributed by atoms with van der Waals surface area (Å²) in [5.41, 5.74) is 1.78. The van der Waals surface area contributed by atoms with Crippen LogP contribution in [0, 0.1) is 0 Å². The summed E-state index contributed by atoms with van der Waals surface area (Å²) in [5, 5.41) is 5.27. The number of nitrogens with zero attached hydrogens (tertiary/aromatic N) is 1. The topological polar surface area (TPSA) is 41.6 Å². The summed E-state index contributed by atoms with van der Waals surface area (Å²) in [6.45, 7) is 2.23. The number of ether oxygens (including phenoxy) is 1. The molecular weight excluding hydrogens is 400 g/mol. The van der Waals surface area contributed by atoms with Crippen LogP contribution >= 0.6 is 39.7 Å². The molecule has 1 fully saturated rings. The van der Waals surface area contributed by atoms with E-state index < -0.39 is 0 Å². The predicted octanol–water partition coefficient (Wildman–Crippen LogP) is 3.73. The molecule has 1 aromatic heterocycles. The van der Waals surface area contributed by atoms with E-state index in [0.717, 1.165) is 33.8 Å². The molecule has 2 heterocycles. The molecule has 7 heteroatoms. The van der Waals surface area contributed by atoms with Gasteiger partial charge in [-0.15, -0.1) is 23.7 Å². The monoisotopic (exact) mass is 416 g/mol. The zero-order valence-corrected chi connectivity index (χ0v) is 15.8. The quantitative estimate of drug-likeness (QED) is 0.827. The predicted molar refractivity (Wildman–Crippen MR) is 98.9 cm³/mol. The maximum Gasteiger partial charge on any atom is 0.255 e. The number of thiophene rings is 1. The van der Waals surface area contributed by atoms with Gasteiger partial charge in [0.05, 0.1) is 22.5 Å². The van der Waals surface area contributed by atoms with Gasteiger partial charge in [-0.25, -0.2) is 0 Å². The molecule has 1 aromatic carbocycles. The Labute approximate surface area is 154 Å². The molecule has 0 bridgehead atoms. The van der Waals surface area contributed by atoms with Crippen LogP contribution in [0.25, 0.3) is 0 Å². The molecule has 23 heavy (non-hydrogen) atoms. The molecule has 2 aromatic rings. The fourth-order valence-electron chi connectivity index (χ4n) is 2.76. The minimum absolute atomic E-state index is 0. The van der Waals surface area contributed by atoms with Gasteiger partial charge in [0, 0.05) is 30.6 Å². The van der Waals surface area contributed by atoms with Crippen molar-refractivity contribution in [1.82, 2.24) is 10.2 Å². The van der Waals surface area contributed by atoms with Crippen molar-refractivity contribution in [3.8, 4) is 5.75 Å². The first-order chi connectivity index (χ1) is 10.7. The number of carbonyl (C=O) groups excluding carboxylic acids is 1. The lowest BCUT2D eigenvalue weighted by Gasteiger charge is -2.37. The Morgan fingerprint density at radius 3 is 2.91 bits per heavy atom. The average molecular weight is 418 g/mol. The first kappa shape index (κ1) is 18.3. The van der Waals surface area contributed by atoms with Crippen molar-refractivity contribution in [2.24, 2.45) is 0 Å². The molecule has 4 nitrogen and oxygen atoms in total. The average Bonchev–Trinajstić information content (AvgIpc) is 3.00. The molecule has 0 aliphatic carbocycles. The zero-order chi connectivity index (χ0) is 15.5. The summed E-state index contributed by atoms with van der Waals surface area (Å²) in [7, 11) is 1.66. The molecule has 1 amide bonds. The lowest BCUT2D eigenvalue weighted by Crippen LogP contribution is -2.48. The van der Waals surface area contributed by atoms with E-state index in [1.165, 1.54) is 11.3 Å². The highest BCUT2D eigenvalue weighted by Crippen LogP contribution is 2.32. The highest BCUT2D eigenvalue weighted by molar-refractivity contribution is 9.11. The summed E-state index contributed by atoms with van der Waals surface area (Å²) in [6, 6.07) is 9.76. The van der Waals surface area contributed by atoms with Crippen molar-refractivity contribution in [2.45, 2.75) is 6.04 Å². The van der Waals surface area contributed by atoms with Crippen LogP contribution in [0.3, 0.4) is 0 Å². The minimum Gasteiger partial charge on any atom is -0.496 e. The van der Waals surface area contributed by atoms with Crippen LogP contribution in [0.1, 0.15) is 22.0 Å². The molecule has 1 saturated heterocycles. The fourth-order valence-corrected chi connectivity index (χ4v) is 3.89. The van der Waals surface area contributed by atoms with Gasteiger partial charge in [-0.2, -0.15) is 0 Å². The Morgan fingerprint density at radius 2 is 2.22 bits per heavy atom. The van der Waals surface area contributed by atoms with E-state index in [4.69, 9.17) is 4.74 Å². The normalized spacial score (nSPS) is 17.5. The van der Waals surface area contributed by atoms with Crippen molar-refractivity contribution in [2.75, 3.05) is 26.7 Å². The molecular formula is C16H18BrClN2O2S. The van der Waals surface area contributed by atoms with Crippen LogP contribution in [0.15, 0.2) is 39.5 Å². The Kier molecular flexibility index (Phi) is 6.47. The molecule has 1 N–H and O–H groups in total. The van der Waals surface area contributed by atoms with E-state index in [0.29, 0.717) is 6.54 Å². The molecule has 1 unspecified atom stereocenters. The molecule has 0 saturated carbocycles. The molecule has 3 rings (SSSR count). The van der Waals surface area contributed by atoms with Crippen molar-refractivity contribution in [3.05, 3.63) is 50.6 Å². The van der Waals surface area contributed by atoms with E-state index in [1.807, 2.05) is 40.6 Å². The number of rotatable bonds is 3. The second kappa shape index (κ2) is 8.15. The van der Waals surface area contributed by atoms with Gasteiger partial charge in [0.15, 0.2) is 0 Å². The second-order valence-corrected chi connectivity index (χ2v) is 7.39. The van der Waals surface area contributed by atoms with Crippen LogP contribution in [-0.4, -0.2) is 37.6 Å². The molecule has 1 aliphatic rings. The lowest BCUT2D eigenvalue weighted by molar-refractivity contribution is 0.0632. The summed E-state index contributed by atoms with van der Waals surface area (Å²) in [4.78, 5) is 14.8. The molecule has 124 valence electrons. The smallest absolute Gasteiger partial charge is 0.255 e. The maximum absolute atomic E-state index is 12.8. The molecule has 0 radical (unpaired) electrons. The number of amides is 1. The van der Waals surface area contributed by atoms with Gasteiger partial charge in [-0.3, -0.25) is 4.79 Å². The highest BCUT2D eigenvalue weighted by Gasteiger charge is 2.30. The first-order valence-corrected chi connectivity index (χ1v) is 8.76. The van der Waals surface area contributed by atoms with E-state index in [2.05, 4.69) is 21.2 Å². The van der Waals surface area contributed by atoms with Crippen LogP contribution in [0.4, 0.5) is 0 Å². The summed E-state index contributed by atoms with van der Waals surface area (Å²) >= 11 is 4.95. The first-order valence-electron chi connectivity index (χ1n) is 7.09. The van der Waals surface area contributed by atoms with Gasteiger partial charge in [-0.1, -0.05) is 18.2 Å². The standard InChI is InChI=1S/C16H17BrN2O2S.ClH/c1-21-14-5-3-2-4-12(14)13-9-18-6-7-19(13)16(20)11-8-15(17)22-10-11;/h2-5,8,10,13,18H,6-7,9H2,1H3;1H. The molecule has 1 aliphatic heterocycles. The van der Waals surface area contributed by atoms with Crippen LogP contribution in [-0.2, 0) is 0 Å². The zero-order valence-electron chi connectivity index (χ0n) is 12.6. The third kappa shape index (κ3) is 3.88. The highest BCUT2D eigenvalue weighted by atomic mass is 79.9. The van der Waals surface area contributed by atoms with E-state index in [1.54, 1.807) is 7.11 Å². The van der Waals surface area contributed by atoms with Gasteiger partial charge >= 0.3 is 0 Å². The summed E-state index contributed by atoms with van der Waals surface area (Å²) in [5.74, 6) is 0.889. The number of para-hydroxylation sites is 1. The summed E-state index contributed by atoms with van der Waals surface area (Å²) in [6.07, 6.45) is 0. The largest absolute Gasteiger partial charge is 0.496 e. The minimum atomic E-state index is -0.0175. The van der Waals surface area contributed by atoms with E-state index in [9.17, 15) is 4.79 Å². The number of benzene rings is 1. The van der Waals surface area contributed by atoms with Gasteiger partial charge in [0.2, 0.25) is 0 Å². The Balaban J connectivity index is 0.00000192. The maximum atomic E-state index is 12.8. The van der Waals surface area contributed by atoms with Crippen molar-refractivity contribution in [1.29, 1.82) is 0 Å². The SMILES string of the molecule is COc1ccccc1C1CNCCN1C(=O)c1csc(Br)c1.Cl. The van der Waals surface area contributed by atoms with E-state index in [-0.39, 0.29) is 24.4 Å². The number of carbonyl (C=O) groups is 1. The Morgan fingerprint density at radius 1 is 1.43 bits per heavy atom. The molecule has 0 spiro atoms. The number of hydrogen-bond donors (Lipinski definition) is 1. The van der Waals surface area contributed by atoms with Crippen LogP contribution in [0.2, 0.25) is 0 Å². The Bertz CT molecular complexity index is 680. The van der Waals surface area contributed by atoms with Crippen LogP contribution < -0.4 is 10.1 Å². The molecule has 1 atom stereocenters. The van der Waals surface area contributed by atoms with E-state index >= 15 is 0 Å². The third-order valence-corrected chi connectivity index (χ3v) is 5.32. The lowest BCUT2D eigenvalue weighted by atomic mass is 10.0. The van der Waals surface area contributed by atoms with Crippen molar-refractivity contribution >= 4 is 45.6 Å². The fraction of sp³-hybridized carbons (Fsp3) is 0.312. The van der Waals surface area contributed by atoms with Crippen molar-refractivity contribution < 1.29 is 9.53 Å². The number of hydrogen-bond acceptors (Lipinski definition) is 4.